The van der Waals surface area contributed by atoms with Gasteiger partial charge in [0, 0.05) is 5.92 Å². The van der Waals surface area contributed by atoms with Crippen molar-refractivity contribution in [1.29, 1.82) is 10.5 Å². The summed E-state index contributed by atoms with van der Waals surface area (Å²) in [5.74, 6) is -1.48. The van der Waals surface area contributed by atoms with E-state index >= 15 is 0 Å². The molecule has 3 rings (SSSR count). The molecule has 1 amide bonds. The van der Waals surface area contributed by atoms with Crippen LogP contribution < -0.4 is 4.72 Å². The van der Waals surface area contributed by atoms with E-state index in [1.165, 1.54) is 6.07 Å². The van der Waals surface area contributed by atoms with Gasteiger partial charge in [0.05, 0.1) is 29.0 Å². The molecule has 130 valence electrons. The Labute approximate surface area is 151 Å². The van der Waals surface area contributed by atoms with Crippen molar-refractivity contribution in [2.24, 2.45) is 5.92 Å². The van der Waals surface area contributed by atoms with E-state index in [0.717, 1.165) is 5.56 Å². The van der Waals surface area contributed by atoms with E-state index in [1.807, 2.05) is 18.2 Å². The molecule has 0 saturated heterocycles. The molecule has 0 heterocycles. The Hall–Kier alpha value is -3.16. The van der Waals surface area contributed by atoms with Gasteiger partial charge in [-0.05, 0) is 41.7 Å². The van der Waals surface area contributed by atoms with Crippen molar-refractivity contribution in [3.05, 3.63) is 70.8 Å². The number of hydrogen-bond donors (Lipinski definition) is 1. The number of amides is 1. The molecule has 1 aliphatic rings. The van der Waals surface area contributed by atoms with Crippen LogP contribution >= 0.6 is 0 Å². The highest BCUT2D eigenvalue weighted by atomic mass is 32.2. The number of carbonyl (C=O) groups excluding carboxylic acids is 1. The maximum Gasteiger partial charge on any atom is 0.239 e. The molecule has 0 bridgehead atoms. The van der Waals surface area contributed by atoms with Crippen LogP contribution in [-0.2, 0) is 20.6 Å². The van der Waals surface area contributed by atoms with Crippen LogP contribution in [-0.4, -0.2) is 14.3 Å². The zero-order chi connectivity index (χ0) is 18.7. The molecule has 0 aromatic heterocycles. The summed E-state index contributed by atoms with van der Waals surface area (Å²) >= 11 is 0. The lowest BCUT2D eigenvalue weighted by Gasteiger charge is -2.08. The first-order valence-electron chi connectivity index (χ1n) is 7.96. The van der Waals surface area contributed by atoms with Gasteiger partial charge in [-0.15, -0.1) is 0 Å². The fourth-order valence-electron chi connectivity index (χ4n) is 2.92. The minimum absolute atomic E-state index is 0.0788. The molecule has 0 radical (unpaired) electrons. The van der Waals surface area contributed by atoms with Crippen molar-refractivity contribution in [2.75, 3.05) is 0 Å². The number of nitrogens with one attached hydrogen (secondary N) is 1. The summed E-state index contributed by atoms with van der Waals surface area (Å²) in [6.45, 7) is 0. The molecule has 1 saturated carbocycles. The topological polar surface area (TPSA) is 111 Å². The number of carbonyl (C=O) groups is 1. The van der Waals surface area contributed by atoms with Crippen molar-refractivity contribution in [1.82, 2.24) is 4.72 Å². The van der Waals surface area contributed by atoms with Gasteiger partial charge >= 0.3 is 0 Å². The minimum atomic E-state index is -3.89. The molecule has 0 spiro atoms. The van der Waals surface area contributed by atoms with Gasteiger partial charge in [-0.3, -0.25) is 9.52 Å². The second-order valence-electron chi connectivity index (χ2n) is 6.18. The first-order chi connectivity index (χ1) is 12.4. The predicted octanol–water partition coefficient (Wildman–Crippen LogP) is 2.18. The molecule has 1 fully saturated rings. The normalized spacial score (nSPS) is 18.4. The van der Waals surface area contributed by atoms with Gasteiger partial charge in [-0.2, -0.15) is 10.5 Å². The third kappa shape index (κ3) is 3.90. The van der Waals surface area contributed by atoms with Crippen LogP contribution in [0.3, 0.4) is 0 Å². The quantitative estimate of drug-likeness (QED) is 0.873. The van der Waals surface area contributed by atoms with Crippen molar-refractivity contribution in [3.63, 3.8) is 0 Å². The van der Waals surface area contributed by atoms with Gasteiger partial charge in [0.2, 0.25) is 15.9 Å². The first-order valence-corrected chi connectivity index (χ1v) is 9.61. The van der Waals surface area contributed by atoms with Crippen LogP contribution in [0.4, 0.5) is 0 Å². The highest BCUT2D eigenvalue weighted by Gasteiger charge is 2.45. The summed E-state index contributed by atoms with van der Waals surface area (Å²) in [5, 5.41) is 18.0. The van der Waals surface area contributed by atoms with Crippen molar-refractivity contribution in [2.45, 2.75) is 18.1 Å². The number of nitrogens with zero attached hydrogens (tertiary/aromatic N) is 2. The molecule has 1 N–H and O–H groups in total. The average molecular weight is 365 g/mol. The summed E-state index contributed by atoms with van der Waals surface area (Å²) in [4.78, 5) is 12.3. The summed E-state index contributed by atoms with van der Waals surface area (Å²) in [7, 11) is -3.89. The summed E-state index contributed by atoms with van der Waals surface area (Å²) in [5.41, 5.74) is 1.98. The molecule has 2 aromatic rings. The van der Waals surface area contributed by atoms with Gasteiger partial charge in [0.1, 0.15) is 0 Å². The van der Waals surface area contributed by atoms with E-state index in [4.69, 9.17) is 10.5 Å². The number of rotatable bonds is 5. The lowest BCUT2D eigenvalue weighted by Crippen LogP contribution is -2.33. The SMILES string of the molecule is N#Cc1cccc(C2CC2C(=O)NS(=O)(=O)Cc2ccccc2C#N)c1. The van der Waals surface area contributed by atoms with Crippen LogP contribution in [0.5, 0.6) is 0 Å². The fourth-order valence-corrected chi connectivity index (χ4v) is 4.11. The lowest BCUT2D eigenvalue weighted by molar-refractivity contribution is -0.120. The molecule has 1 aliphatic carbocycles. The van der Waals surface area contributed by atoms with Gasteiger partial charge in [-0.1, -0.05) is 30.3 Å². The van der Waals surface area contributed by atoms with Crippen LogP contribution in [0.25, 0.3) is 0 Å². The monoisotopic (exact) mass is 365 g/mol. The Morgan fingerprint density at radius 2 is 1.88 bits per heavy atom. The summed E-state index contributed by atoms with van der Waals surface area (Å²) in [6.07, 6.45) is 0.547. The molecular weight excluding hydrogens is 350 g/mol. The Bertz CT molecular complexity index is 1050. The van der Waals surface area contributed by atoms with Crippen LogP contribution in [0.1, 0.15) is 34.6 Å². The Morgan fingerprint density at radius 3 is 2.62 bits per heavy atom. The second kappa shape index (κ2) is 6.99. The van der Waals surface area contributed by atoms with E-state index < -0.39 is 27.6 Å². The third-order valence-electron chi connectivity index (χ3n) is 4.31. The Morgan fingerprint density at radius 1 is 1.12 bits per heavy atom. The third-order valence-corrected chi connectivity index (χ3v) is 5.51. The second-order valence-corrected chi connectivity index (χ2v) is 7.90. The van der Waals surface area contributed by atoms with Gasteiger partial charge in [0.25, 0.3) is 0 Å². The van der Waals surface area contributed by atoms with E-state index in [9.17, 15) is 13.2 Å². The standard InChI is InChI=1S/C19H15N3O3S/c20-10-13-4-3-7-14(8-13)17-9-18(17)19(23)22-26(24,25)12-16-6-2-1-5-15(16)11-21/h1-8,17-18H,9,12H2,(H,22,23). The largest absolute Gasteiger partial charge is 0.274 e. The summed E-state index contributed by atoms with van der Waals surface area (Å²) in [6, 6.07) is 17.3. The van der Waals surface area contributed by atoms with E-state index in [-0.39, 0.29) is 11.5 Å². The number of nitriles is 2. The Balaban J connectivity index is 1.67. The van der Waals surface area contributed by atoms with Crippen molar-refractivity contribution in [3.8, 4) is 12.1 Å². The molecule has 7 heteroatoms. The molecule has 2 aromatic carbocycles. The number of benzene rings is 2. The van der Waals surface area contributed by atoms with E-state index in [0.29, 0.717) is 17.5 Å². The summed E-state index contributed by atoms with van der Waals surface area (Å²) < 4.78 is 26.6. The van der Waals surface area contributed by atoms with Gasteiger partial charge in [-0.25, -0.2) is 8.42 Å². The highest BCUT2D eigenvalue weighted by Crippen LogP contribution is 2.47. The van der Waals surface area contributed by atoms with Crippen molar-refractivity contribution < 1.29 is 13.2 Å². The van der Waals surface area contributed by atoms with E-state index in [2.05, 4.69) is 4.72 Å². The van der Waals surface area contributed by atoms with Gasteiger partial charge in [0.15, 0.2) is 0 Å². The van der Waals surface area contributed by atoms with Crippen LogP contribution in [0, 0.1) is 28.6 Å². The fraction of sp³-hybridized carbons (Fsp3) is 0.211. The lowest BCUT2D eigenvalue weighted by atomic mass is 10.1. The average Bonchev–Trinajstić information content (AvgIpc) is 3.42. The van der Waals surface area contributed by atoms with Gasteiger partial charge < -0.3 is 0 Å². The first kappa shape index (κ1) is 17.7. The maximum absolute atomic E-state index is 12.3. The zero-order valence-electron chi connectivity index (χ0n) is 13.7. The molecule has 2 unspecified atom stereocenters. The predicted molar refractivity (Wildman–Crippen MR) is 93.9 cm³/mol. The molecule has 26 heavy (non-hydrogen) atoms. The van der Waals surface area contributed by atoms with Crippen LogP contribution in [0.2, 0.25) is 0 Å². The zero-order valence-corrected chi connectivity index (χ0v) is 14.5. The molecule has 0 aliphatic heterocycles. The molecular formula is C19H15N3O3S. The number of sulfonamides is 1. The van der Waals surface area contributed by atoms with Crippen molar-refractivity contribution >= 4 is 15.9 Å². The minimum Gasteiger partial charge on any atom is -0.274 e. The Kier molecular flexibility index (Phi) is 4.75. The maximum atomic E-state index is 12.3. The van der Waals surface area contributed by atoms with E-state index in [1.54, 1.807) is 36.4 Å². The molecule has 6 nitrogen and oxygen atoms in total. The number of hydrogen-bond acceptors (Lipinski definition) is 5. The smallest absolute Gasteiger partial charge is 0.239 e. The highest BCUT2D eigenvalue weighted by molar-refractivity contribution is 7.89. The van der Waals surface area contributed by atoms with Crippen LogP contribution in [0.15, 0.2) is 48.5 Å². The molecule has 2 atom stereocenters.